The van der Waals surface area contributed by atoms with Crippen LogP contribution in [0.5, 0.6) is 5.75 Å². The third-order valence-electron chi connectivity index (χ3n) is 3.83. The van der Waals surface area contributed by atoms with E-state index < -0.39 is 0 Å². The molecule has 1 fully saturated rings. The van der Waals surface area contributed by atoms with Gasteiger partial charge in [0, 0.05) is 37.8 Å². The zero-order valence-electron chi connectivity index (χ0n) is 11.9. The molecule has 1 aromatic rings. The monoisotopic (exact) mass is 248 g/mol. The molecular weight excluding hydrogens is 224 g/mol. The molecule has 0 spiro atoms. The van der Waals surface area contributed by atoms with Crippen molar-refractivity contribution in [2.24, 2.45) is 0 Å². The average Bonchev–Trinajstić information content (AvgIpc) is 2.38. The molecule has 1 heterocycles. The molecule has 1 atom stereocenters. The van der Waals surface area contributed by atoms with Crippen molar-refractivity contribution in [3.05, 3.63) is 28.8 Å². The average molecular weight is 248 g/mol. The Morgan fingerprint density at radius 2 is 1.89 bits per heavy atom. The van der Waals surface area contributed by atoms with Gasteiger partial charge in [-0.1, -0.05) is 6.07 Å². The number of rotatable bonds is 3. The molecule has 2 rings (SSSR count). The highest BCUT2D eigenvalue weighted by atomic mass is 16.5. The maximum absolute atomic E-state index is 5.58. The molecule has 0 aliphatic carbocycles. The van der Waals surface area contributed by atoms with Crippen molar-refractivity contribution in [1.82, 2.24) is 10.2 Å². The van der Waals surface area contributed by atoms with Crippen molar-refractivity contribution in [2.45, 2.75) is 26.8 Å². The van der Waals surface area contributed by atoms with Crippen molar-refractivity contribution in [1.29, 1.82) is 0 Å². The van der Waals surface area contributed by atoms with Crippen molar-refractivity contribution in [3.8, 4) is 5.75 Å². The summed E-state index contributed by atoms with van der Waals surface area (Å²) in [4.78, 5) is 2.52. The molecule has 1 aromatic carbocycles. The summed E-state index contributed by atoms with van der Waals surface area (Å²) in [5.74, 6) is 1.03. The van der Waals surface area contributed by atoms with Crippen LogP contribution < -0.4 is 10.1 Å². The Morgan fingerprint density at radius 1 is 1.22 bits per heavy atom. The van der Waals surface area contributed by atoms with Crippen molar-refractivity contribution in [3.63, 3.8) is 0 Å². The molecule has 1 unspecified atom stereocenters. The molecule has 3 nitrogen and oxygen atoms in total. The van der Waals surface area contributed by atoms with Crippen LogP contribution >= 0.6 is 0 Å². The second-order valence-electron chi connectivity index (χ2n) is 5.16. The van der Waals surface area contributed by atoms with Gasteiger partial charge >= 0.3 is 0 Å². The number of nitrogens with zero attached hydrogens (tertiary/aromatic N) is 1. The largest absolute Gasteiger partial charge is 0.496 e. The second-order valence-corrected chi connectivity index (χ2v) is 5.16. The maximum Gasteiger partial charge on any atom is 0.124 e. The van der Waals surface area contributed by atoms with E-state index in [2.05, 4.69) is 43.1 Å². The van der Waals surface area contributed by atoms with Crippen LogP contribution in [0.15, 0.2) is 12.1 Å². The number of benzene rings is 1. The van der Waals surface area contributed by atoms with Crippen LogP contribution in [0.25, 0.3) is 0 Å². The first kappa shape index (κ1) is 13.4. The number of methoxy groups -OCH3 is 1. The van der Waals surface area contributed by atoms with E-state index in [9.17, 15) is 0 Å². The Morgan fingerprint density at radius 3 is 2.50 bits per heavy atom. The number of piperazine rings is 1. The smallest absolute Gasteiger partial charge is 0.124 e. The summed E-state index contributed by atoms with van der Waals surface area (Å²) < 4.78 is 5.58. The lowest BCUT2D eigenvalue weighted by atomic mass is 9.97. The van der Waals surface area contributed by atoms with Gasteiger partial charge in [0.05, 0.1) is 7.11 Å². The molecular formula is C15H24N2O. The summed E-state index contributed by atoms with van der Waals surface area (Å²) in [6, 6.07) is 4.81. The fourth-order valence-electron chi connectivity index (χ4n) is 2.90. The van der Waals surface area contributed by atoms with E-state index in [0.29, 0.717) is 6.04 Å². The molecule has 3 heteroatoms. The number of ether oxygens (including phenoxy) is 1. The van der Waals surface area contributed by atoms with Crippen LogP contribution in [-0.4, -0.2) is 38.2 Å². The highest BCUT2D eigenvalue weighted by Crippen LogP contribution is 2.33. The molecule has 0 saturated carbocycles. The van der Waals surface area contributed by atoms with E-state index >= 15 is 0 Å². The summed E-state index contributed by atoms with van der Waals surface area (Å²) in [6.07, 6.45) is 0. The van der Waals surface area contributed by atoms with Gasteiger partial charge in [0.15, 0.2) is 0 Å². The third-order valence-corrected chi connectivity index (χ3v) is 3.83. The van der Waals surface area contributed by atoms with Crippen LogP contribution in [0.4, 0.5) is 0 Å². The predicted molar refractivity (Wildman–Crippen MR) is 75.3 cm³/mol. The first-order valence-electron chi connectivity index (χ1n) is 6.73. The van der Waals surface area contributed by atoms with Crippen LogP contribution in [0, 0.1) is 13.8 Å². The van der Waals surface area contributed by atoms with Gasteiger partial charge in [0.2, 0.25) is 0 Å². The van der Waals surface area contributed by atoms with Gasteiger partial charge in [-0.15, -0.1) is 0 Å². The Bertz CT molecular complexity index is 411. The van der Waals surface area contributed by atoms with E-state index in [-0.39, 0.29) is 0 Å². The minimum absolute atomic E-state index is 0.419. The van der Waals surface area contributed by atoms with Crippen molar-refractivity contribution in [2.75, 3.05) is 33.3 Å². The lowest BCUT2D eigenvalue weighted by molar-refractivity contribution is 0.182. The van der Waals surface area contributed by atoms with Gasteiger partial charge in [-0.25, -0.2) is 0 Å². The minimum atomic E-state index is 0.419. The number of aryl methyl sites for hydroxylation is 2. The van der Waals surface area contributed by atoms with Gasteiger partial charge in [0.1, 0.15) is 5.75 Å². The Kier molecular flexibility index (Phi) is 4.25. The molecule has 18 heavy (non-hydrogen) atoms. The first-order chi connectivity index (χ1) is 8.63. The molecule has 1 saturated heterocycles. The highest BCUT2D eigenvalue weighted by Gasteiger charge is 2.22. The fraction of sp³-hybridized carbons (Fsp3) is 0.600. The van der Waals surface area contributed by atoms with E-state index in [1.807, 2.05) is 0 Å². The number of nitrogens with one attached hydrogen (secondary N) is 1. The zero-order chi connectivity index (χ0) is 13.1. The van der Waals surface area contributed by atoms with Gasteiger partial charge in [0.25, 0.3) is 0 Å². The van der Waals surface area contributed by atoms with Crippen LogP contribution in [0.1, 0.15) is 29.7 Å². The van der Waals surface area contributed by atoms with Crippen molar-refractivity contribution >= 4 is 0 Å². The summed E-state index contributed by atoms with van der Waals surface area (Å²) in [6.45, 7) is 11.0. The topological polar surface area (TPSA) is 24.5 Å². The zero-order valence-corrected chi connectivity index (χ0v) is 11.9. The standard InChI is InChI=1S/C15H24N2O/c1-11-9-12(2)15(14(10-11)18-4)13(3)17-7-5-16-6-8-17/h9-10,13,16H,5-8H2,1-4H3. The summed E-state index contributed by atoms with van der Waals surface area (Å²) in [7, 11) is 1.77. The van der Waals surface area contributed by atoms with Gasteiger partial charge in [-0.05, 0) is 38.0 Å². The van der Waals surface area contributed by atoms with Crippen LogP contribution in [0.3, 0.4) is 0 Å². The van der Waals surface area contributed by atoms with E-state index in [0.717, 1.165) is 31.9 Å². The van der Waals surface area contributed by atoms with Gasteiger partial charge in [-0.2, -0.15) is 0 Å². The fourth-order valence-corrected chi connectivity index (χ4v) is 2.90. The van der Waals surface area contributed by atoms with E-state index in [4.69, 9.17) is 4.74 Å². The van der Waals surface area contributed by atoms with Gasteiger partial charge < -0.3 is 10.1 Å². The lowest BCUT2D eigenvalue weighted by Crippen LogP contribution is -2.44. The normalized spacial score (nSPS) is 18.7. The minimum Gasteiger partial charge on any atom is -0.496 e. The Hall–Kier alpha value is -1.06. The number of hydrogen-bond donors (Lipinski definition) is 1. The molecule has 0 amide bonds. The highest BCUT2D eigenvalue weighted by molar-refractivity contribution is 5.44. The molecule has 100 valence electrons. The van der Waals surface area contributed by atoms with Gasteiger partial charge in [-0.3, -0.25) is 4.90 Å². The lowest BCUT2D eigenvalue weighted by Gasteiger charge is -2.34. The van der Waals surface area contributed by atoms with Crippen molar-refractivity contribution < 1.29 is 4.74 Å². The second kappa shape index (κ2) is 5.72. The molecule has 0 bridgehead atoms. The molecule has 0 radical (unpaired) electrons. The predicted octanol–water partition coefficient (Wildman–Crippen LogP) is 2.28. The van der Waals surface area contributed by atoms with E-state index in [1.54, 1.807) is 7.11 Å². The van der Waals surface area contributed by atoms with Crippen LogP contribution in [-0.2, 0) is 0 Å². The Balaban J connectivity index is 2.30. The first-order valence-corrected chi connectivity index (χ1v) is 6.73. The van der Waals surface area contributed by atoms with Crippen LogP contribution in [0.2, 0.25) is 0 Å². The molecule has 1 N–H and O–H groups in total. The molecule has 1 aliphatic heterocycles. The molecule has 1 aliphatic rings. The molecule has 0 aromatic heterocycles. The summed E-state index contributed by atoms with van der Waals surface area (Å²) in [5.41, 5.74) is 3.93. The number of hydrogen-bond acceptors (Lipinski definition) is 3. The quantitative estimate of drug-likeness (QED) is 0.888. The maximum atomic E-state index is 5.58. The SMILES string of the molecule is COc1cc(C)cc(C)c1C(C)N1CCNCC1. The summed E-state index contributed by atoms with van der Waals surface area (Å²) in [5, 5.41) is 3.40. The third kappa shape index (κ3) is 2.68. The Labute approximate surface area is 110 Å². The summed E-state index contributed by atoms with van der Waals surface area (Å²) >= 11 is 0. The van der Waals surface area contributed by atoms with E-state index in [1.165, 1.54) is 16.7 Å².